The average molecular weight is 343 g/mol. The highest BCUT2D eigenvalue weighted by molar-refractivity contribution is 7.10. The molecule has 0 aromatic carbocycles. The van der Waals surface area contributed by atoms with Gasteiger partial charge in [0.1, 0.15) is 0 Å². The summed E-state index contributed by atoms with van der Waals surface area (Å²) in [5, 5.41) is 5.18. The molecule has 1 fully saturated rings. The molecule has 3 heterocycles. The fraction of sp³-hybridized carbons (Fsp3) is 0.474. The van der Waals surface area contributed by atoms with Gasteiger partial charge in [-0.15, -0.1) is 11.3 Å². The molecule has 1 saturated heterocycles. The SMILES string of the molecule is C[C@H](C(=O)NC[C@H]1CCCN(Cc2cccnc2)C1)c1cccs1. The molecule has 0 unspecified atom stereocenters. The van der Waals surface area contributed by atoms with Gasteiger partial charge in [0, 0.05) is 36.9 Å². The number of hydrogen-bond donors (Lipinski definition) is 1. The normalized spacial score (nSPS) is 19.8. The van der Waals surface area contributed by atoms with Crippen molar-refractivity contribution in [1.29, 1.82) is 0 Å². The van der Waals surface area contributed by atoms with Crippen LogP contribution in [0.1, 0.15) is 36.1 Å². The zero-order valence-corrected chi connectivity index (χ0v) is 15.0. The second-order valence-corrected chi connectivity index (χ2v) is 7.57. The molecule has 128 valence electrons. The molecule has 3 rings (SSSR count). The average Bonchev–Trinajstić information content (AvgIpc) is 3.15. The molecule has 4 nitrogen and oxygen atoms in total. The van der Waals surface area contributed by atoms with E-state index in [1.165, 1.54) is 18.4 Å². The molecule has 2 aromatic rings. The Morgan fingerprint density at radius 3 is 3.12 bits per heavy atom. The van der Waals surface area contributed by atoms with E-state index in [0.717, 1.165) is 31.1 Å². The molecule has 0 spiro atoms. The monoisotopic (exact) mass is 343 g/mol. The summed E-state index contributed by atoms with van der Waals surface area (Å²) in [5.41, 5.74) is 1.26. The number of carbonyl (C=O) groups excluding carboxylic acids is 1. The topological polar surface area (TPSA) is 45.2 Å². The predicted octanol–water partition coefficient (Wildman–Crippen LogP) is 3.28. The Morgan fingerprint density at radius 1 is 1.46 bits per heavy atom. The minimum atomic E-state index is -0.0555. The van der Waals surface area contributed by atoms with Gasteiger partial charge in [-0.2, -0.15) is 0 Å². The summed E-state index contributed by atoms with van der Waals surface area (Å²) in [6.07, 6.45) is 6.14. The van der Waals surface area contributed by atoms with Gasteiger partial charge in [0.2, 0.25) is 5.91 Å². The van der Waals surface area contributed by atoms with Crippen LogP contribution in [0, 0.1) is 5.92 Å². The Hall–Kier alpha value is -1.72. The second kappa shape index (κ2) is 8.40. The van der Waals surface area contributed by atoms with Crippen molar-refractivity contribution in [3.8, 4) is 0 Å². The lowest BCUT2D eigenvalue weighted by Gasteiger charge is -2.33. The maximum Gasteiger partial charge on any atom is 0.228 e. The Bertz CT molecular complexity index is 629. The van der Waals surface area contributed by atoms with Crippen LogP contribution >= 0.6 is 11.3 Å². The number of likely N-dealkylation sites (tertiary alicyclic amines) is 1. The van der Waals surface area contributed by atoms with Crippen molar-refractivity contribution < 1.29 is 4.79 Å². The van der Waals surface area contributed by atoms with Gasteiger partial charge in [-0.25, -0.2) is 0 Å². The minimum Gasteiger partial charge on any atom is -0.355 e. The smallest absolute Gasteiger partial charge is 0.228 e. The van der Waals surface area contributed by atoms with Crippen LogP contribution in [0.3, 0.4) is 0 Å². The zero-order chi connectivity index (χ0) is 16.8. The number of carbonyl (C=O) groups is 1. The zero-order valence-electron chi connectivity index (χ0n) is 14.1. The molecule has 1 aliphatic heterocycles. The van der Waals surface area contributed by atoms with Gasteiger partial charge in [-0.05, 0) is 55.3 Å². The lowest BCUT2D eigenvalue weighted by Crippen LogP contribution is -2.41. The highest BCUT2D eigenvalue weighted by atomic mass is 32.1. The predicted molar refractivity (Wildman–Crippen MR) is 98.0 cm³/mol. The summed E-state index contributed by atoms with van der Waals surface area (Å²) < 4.78 is 0. The fourth-order valence-corrected chi connectivity index (χ4v) is 4.06. The van der Waals surface area contributed by atoms with Gasteiger partial charge in [0.25, 0.3) is 0 Å². The molecule has 0 saturated carbocycles. The van der Waals surface area contributed by atoms with Crippen LogP contribution in [-0.2, 0) is 11.3 Å². The molecule has 0 bridgehead atoms. The minimum absolute atomic E-state index is 0.0555. The highest BCUT2D eigenvalue weighted by Crippen LogP contribution is 2.22. The number of hydrogen-bond acceptors (Lipinski definition) is 4. The van der Waals surface area contributed by atoms with Gasteiger partial charge in [0.05, 0.1) is 5.92 Å². The third kappa shape index (κ3) is 4.65. The van der Waals surface area contributed by atoms with E-state index in [1.54, 1.807) is 11.3 Å². The van der Waals surface area contributed by atoms with Crippen molar-refractivity contribution in [2.24, 2.45) is 5.92 Å². The van der Waals surface area contributed by atoms with Crippen LogP contribution in [-0.4, -0.2) is 35.4 Å². The fourth-order valence-electron chi connectivity index (χ4n) is 3.28. The molecule has 2 atom stereocenters. The number of amides is 1. The van der Waals surface area contributed by atoms with Crippen LogP contribution < -0.4 is 5.32 Å². The van der Waals surface area contributed by atoms with Crippen LogP contribution in [0.2, 0.25) is 0 Å². The summed E-state index contributed by atoms with van der Waals surface area (Å²) in [5.74, 6) is 0.622. The van der Waals surface area contributed by atoms with Crippen molar-refractivity contribution in [2.45, 2.75) is 32.2 Å². The van der Waals surface area contributed by atoms with Gasteiger partial charge >= 0.3 is 0 Å². The molecule has 0 radical (unpaired) electrons. The third-order valence-corrected chi connectivity index (χ3v) is 5.72. The highest BCUT2D eigenvalue weighted by Gasteiger charge is 2.22. The Labute approximate surface area is 147 Å². The quantitative estimate of drug-likeness (QED) is 0.875. The summed E-state index contributed by atoms with van der Waals surface area (Å²) in [6.45, 7) is 5.88. The summed E-state index contributed by atoms with van der Waals surface area (Å²) in [6, 6.07) is 8.15. The first-order valence-electron chi connectivity index (χ1n) is 8.64. The first-order valence-corrected chi connectivity index (χ1v) is 9.52. The van der Waals surface area contributed by atoms with Crippen molar-refractivity contribution >= 4 is 17.2 Å². The van der Waals surface area contributed by atoms with Crippen LogP contribution in [0.5, 0.6) is 0 Å². The third-order valence-electron chi connectivity index (χ3n) is 4.66. The molecule has 5 heteroatoms. The van der Waals surface area contributed by atoms with E-state index in [0.29, 0.717) is 5.92 Å². The number of nitrogens with one attached hydrogen (secondary N) is 1. The number of nitrogens with zero attached hydrogens (tertiary/aromatic N) is 2. The largest absolute Gasteiger partial charge is 0.355 e. The Morgan fingerprint density at radius 2 is 2.38 bits per heavy atom. The first kappa shape index (κ1) is 17.1. The Kier molecular flexibility index (Phi) is 5.99. The molecule has 2 aromatic heterocycles. The molecule has 0 aliphatic carbocycles. The lowest BCUT2D eigenvalue weighted by atomic mass is 9.97. The van der Waals surface area contributed by atoms with Crippen LogP contribution in [0.25, 0.3) is 0 Å². The van der Waals surface area contributed by atoms with Crippen molar-refractivity contribution in [2.75, 3.05) is 19.6 Å². The number of aromatic nitrogens is 1. The van der Waals surface area contributed by atoms with E-state index < -0.39 is 0 Å². The Balaban J connectivity index is 1.46. The first-order chi connectivity index (χ1) is 11.7. The van der Waals surface area contributed by atoms with E-state index in [4.69, 9.17) is 0 Å². The molecular formula is C19H25N3OS. The van der Waals surface area contributed by atoms with Crippen molar-refractivity contribution in [1.82, 2.24) is 15.2 Å². The van der Waals surface area contributed by atoms with Crippen LogP contribution in [0.4, 0.5) is 0 Å². The van der Waals surface area contributed by atoms with Gasteiger partial charge in [-0.1, -0.05) is 12.1 Å². The standard InChI is InChI=1S/C19H25N3OS/c1-15(18-7-4-10-24-18)19(23)21-12-17-6-3-9-22(14-17)13-16-5-2-8-20-11-16/h2,4-5,7-8,10-11,15,17H,3,6,9,12-14H2,1H3,(H,21,23)/t15-,17+/m0/s1. The maximum atomic E-state index is 12.3. The van der Waals surface area contributed by atoms with Crippen molar-refractivity contribution in [3.63, 3.8) is 0 Å². The number of piperidine rings is 1. The van der Waals surface area contributed by atoms with E-state index in [2.05, 4.69) is 21.3 Å². The van der Waals surface area contributed by atoms with E-state index in [1.807, 2.05) is 42.9 Å². The molecule has 1 amide bonds. The van der Waals surface area contributed by atoms with E-state index in [9.17, 15) is 4.79 Å². The summed E-state index contributed by atoms with van der Waals surface area (Å²) in [4.78, 5) is 20.1. The lowest BCUT2D eigenvalue weighted by molar-refractivity contribution is -0.122. The number of rotatable bonds is 6. The second-order valence-electron chi connectivity index (χ2n) is 6.59. The van der Waals surface area contributed by atoms with E-state index >= 15 is 0 Å². The number of thiophene rings is 1. The molecular weight excluding hydrogens is 318 g/mol. The van der Waals surface area contributed by atoms with Gasteiger partial charge in [0.15, 0.2) is 0 Å². The van der Waals surface area contributed by atoms with Crippen molar-refractivity contribution in [3.05, 3.63) is 52.5 Å². The molecule has 24 heavy (non-hydrogen) atoms. The molecule has 1 N–H and O–H groups in total. The van der Waals surface area contributed by atoms with Gasteiger partial charge in [-0.3, -0.25) is 14.7 Å². The maximum absolute atomic E-state index is 12.3. The van der Waals surface area contributed by atoms with E-state index in [-0.39, 0.29) is 11.8 Å². The molecule has 1 aliphatic rings. The summed E-state index contributed by atoms with van der Waals surface area (Å²) in [7, 11) is 0. The number of pyridine rings is 1. The van der Waals surface area contributed by atoms with Gasteiger partial charge < -0.3 is 5.32 Å². The summed E-state index contributed by atoms with van der Waals surface area (Å²) >= 11 is 1.65. The van der Waals surface area contributed by atoms with Crippen LogP contribution in [0.15, 0.2) is 42.0 Å².